The monoisotopic (exact) mass is 427 g/mol. The molecule has 3 heterocycles. The van der Waals surface area contributed by atoms with Crippen LogP contribution in [0.3, 0.4) is 0 Å². The Balaban J connectivity index is 1.29. The molecule has 2 aromatic heterocycles. The van der Waals surface area contributed by atoms with Gasteiger partial charge in [0.25, 0.3) is 0 Å². The second kappa shape index (κ2) is 9.54. The number of carbonyl (C=O) groups excluding carboxylic acids is 1. The van der Waals surface area contributed by atoms with E-state index in [1.807, 2.05) is 23.3 Å². The van der Waals surface area contributed by atoms with Crippen molar-refractivity contribution in [3.8, 4) is 0 Å². The Morgan fingerprint density at radius 1 is 1.21 bits per heavy atom. The Kier molecular flexibility index (Phi) is 6.61. The van der Waals surface area contributed by atoms with Gasteiger partial charge in [0.15, 0.2) is 0 Å². The van der Waals surface area contributed by atoms with Gasteiger partial charge in [-0.25, -0.2) is 4.68 Å². The van der Waals surface area contributed by atoms with E-state index in [0.29, 0.717) is 17.6 Å². The Labute approximate surface area is 179 Å². The zero-order valence-corrected chi connectivity index (χ0v) is 18.1. The molecule has 1 fully saturated rings. The van der Waals surface area contributed by atoms with Crippen LogP contribution in [0.1, 0.15) is 30.2 Å². The Bertz CT molecular complexity index is 904. The van der Waals surface area contributed by atoms with Crippen molar-refractivity contribution in [2.45, 2.75) is 43.1 Å². The molecule has 0 saturated carbocycles. The van der Waals surface area contributed by atoms with E-state index in [4.69, 9.17) is 0 Å². The van der Waals surface area contributed by atoms with Crippen molar-refractivity contribution >= 4 is 29.0 Å². The van der Waals surface area contributed by atoms with Gasteiger partial charge in [0.05, 0.1) is 11.8 Å². The first-order valence-electron chi connectivity index (χ1n) is 9.97. The summed E-state index contributed by atoms with van der Waals surface area (Å²) >= 11 is 3.12. The number of likely N-dealkylation sites (tertiary alicyclic amines) is 1. The van der Waals surface area contributed by atoms with Gasteiger partial charge in [-0.2, -0.15) is 0 Å². The third-order valence-electron chi connectivity index (χ3n) is 5.31. The molecule has 0 aliphatic carbocycles. The molecule has 3 aromatic rings. The number of hydrogen-bond acceptors (Lipinski definition) is 6. The highest BCUT2D eigenvalue weighted by Gasteiger charge is 2.27. The molecule has 0 unspecified atom stereocenters. The predicted octanol–water partition coefficient (Wildman–Crippen LogP) is 3.74. The lowest BCUT2D eigenvalue weighted by atomic mass is 9.90. The van der Waals surface area contributed by atoms with Crippen molar-refractivity contribution in [3.63, 3.8) is 0 Å². The van der Waals surface area contributed by atoms with E-state index in [2.05, 4.69) is 51.9 Å². The zero-order chi connectivity index (χ0) is 20.1. The first-order chi connectivity index (χ1) is 14.2. The second-order valence-electron chi connectivity index (χ2n) is 7.42. The molecule has 1 aliphatic rings. The highest BCUT2D eigenvalue weighted by atomic mass is 32.2. The SMILES string of the molecule is C[C@@H](Sc1nnnn1Cc1cccs1)C(=O)N1CCC(Cc2ccccc2)CC1. The number of nitrogens with zero attached hydrogens (tertiary/aromatic N) is 5. The number of piperidine rings is 1. The van der Waals surface area contributed by atoms with Crippen LogP contribution in [-0.2, 0) is 17.8 Å². The lowest BCUT2D eigenvalue weighted by Gasteiger charge is -2.33. The molecule has 0 spiro atoms. The molecule has 1 aromatic carbocycles. The molecule has 0 radical (unpaired) electrons. The fourth-order valence-electron chi connectivity index (χ4n) is 3.70. The Hall–Kier alpha value is -2.19. The maximum atomic E-state index is 12.9. The first-order valence-corrected chi connectivity index (χ1v) is 11.7. The quantitative estimate of drug-likeness (QED) is 0.538. The van der Waals surface area contributed by atoms with E-state index in [-0.39, 0.29) is 11.2 Å². The molecule has 6 nitrogen and oxygen atoms in total. The topological polar surface area (TPSA) is 63.9 Å². The van der Waals surface area contributed by atoms with Crippen LogP contribution in [0.4, 0.5) is 0 Å². The number of amides is 1. The Morgan fingerprint density at radius 3 is 2.72 bits per heavy atom. The number of aromatic nitrogens is 4. The van der Waals surface area contributed by atoms with Crippen LogP contribution in [-0.4, -0.2) is 49.4 Å². The first kappa shape index (κ1) is 20.1. The van der Waals surface area contributed by atoms with E-state index < -0.39 is 0 Å². The Morgan fingerprint density at radius 2 is 2.00 bits per heavy atom. The van der Waals surface area contributed by atoms with E-state index in [9.17, 15) is 4.79 Å². The minimum absolute atomic E-state index is 0.179. The fourth-order valence-corrected chi connectivity index (χ4v) is 5.26. The molecule has 0 N–H and O–H groups in total. The van der Waals surface area contributed by atoms with E-state index in [0.717, 1.165) is 32.4 Å². The van der Waals surface area contributed by atoms with Crippen LogP contribution in [0, 0.1) is 5.92 Å². The fraction of sp³-hybridized carbons (Fsp3) is 0.429. The lowest BCUT2D eigenvalue weighted by Crippen LogP contribution is -2.42. The molecule has 0 bridgehead atoms. The average Bonchev–Trinajstić information content (AvgIpc) is 3.42. The van der Waals surface area contributed by atoms with Crippen LogP contribution in [0.5, 0.6) is 0 Å². The summed E-state index contributed by atoms with van der Waals surface area (Å²) in [6, 6.07) is 14.7. The molecule has 152 valence electrons. The minimum atomic E-state index is -0.200. The van der Waals surface area contributed by atoms with Crippen molar-refractivity contribution in [2.75, 3.05) is 13.1 Å². The highest BCUT2D eigenvalue weighted by Crippen LogP contribution is 2.26. The maximum absolute atomic E-state index is 12.9. The van der Waals surface area contributed by atoms with Crippen molar-refractivity contribution < 1.29 is 4.79 Å². The van der Waals surface area contributed by atoms with E-state index in [1.165, 1.54) is 22.2 Å². The summed E-state index contributed by atoms with van der Waals surface area (Å²) in [5.41, 5.74) is 1.39. The minimum Gasteiger partial charge on any atom is -0.342 e. The molecule has 1 amide bonds. The summed E-state index contributed by atoms with van der Waals surface area (Å²) in [5.74, 6) is 0.835. The summed E-state index contributed by atoms with van der Waals surface area (Å²) in [4.78, 5) is 16.1. The summed E-state index contributed by atoms with van der Waals surface area (Å²) < 4.78 is 1.77. The summed E-state index contributed by atoms with van der Waals surface area (Å²) in [6.45, 7) is 4.26. The van der Waals surface area contributed by atoms with Gasteiger partial charge in [0.1, 0.15) is 0 Å². The van der Waals surface area contributed by atoms with Gasteiger partial charge < -0.3 is 4.90 Å². The number of benzene rings is 1. The number of rotatable bonds is 7. The van der Waals surface area contributed by atoms with Crippen molar-refractivity contribution in [1.29, 1.82) is 0 Å². The number of carbonyl (C=O) groups is 1. The molecular formula is C21H25N5OS2. The third kappa shape index (κ3) is 5.25. The van der Waals surface area contributed by atoms with Crippen LogP contribution in [0.15, 0.2) is 53.0 Å². The van der Waals surface area contributed by atoms with Crippen LogP contribution in [0.25, 0.3) is 0 Å². The van der Waals surface area contributed by atoms with Crippen LogP contribution >= 0.6 is 23.1 Å². The standard InChI is InChI=1S/C21H25N5OS2/c1-16(29-21-22-23-24-26(21)15-19-8-5-13-28-19)20(27)25-11-9-18(10-12-25)14-17-6-3-2-4-7-17/h2-8,13,16,18H,9-12,14-15H2,1H3/t16-/m1/s1. The summed E-state index contributed by atoms with van der Waals surface area (Å²) in [7, 11) is 0. The smallest absolute Gasteiger partial charge is 0.235 e. The van der Waals surface area contributed by atoms with Crippen molar-refractivity contribution in [2.24, 2.45) is 5.92 Å². The van der Waals surface area contributed by atoms with Crippen LogP contribution < -0.4 is 0 Å². The highest BCUT2D eigenvalue weighted by molar-refractivity contribution is 8.00. The van der Waals surface area contributed by atoms with Crippen molar-refractivity contribution in [1.82, 2.24) is 25.1 Å². The number of thioether (sulfide) groups is 1. The zero-order valence-electron chi connectivity index (χ0n) is 16.5. The van der Waals surface area contributed by atoms with Crippen LogP contribution in [0.2, 0.25) is 0 Å². The number of thiophene rings is 1. The lowest BCUT2D eigenvalue weighted by molar-refractivity contribution is -0.131. The predicted molar refractivity (Wildman–Crippen MR) is 116 cm³/mol. The van der Waals surface area contributed by atoms with Crippen molar-refractivity contribution in [3.05, 3.63) is 58.3 Å². The summed E-state index contributed by atoms with van der Waals surface area (Å²) in [5, 5.41) is 14.5. The van der Waals surface area contributed by atoms with Gasteiger partial charge in [0.2, 0.25) is 11.1 Å². The second-order valence-corrected chi connectivity index (χ2v) is 9.76. The normalized spacial score (nSPS) is 16.1. The maximum Gasteiger partial charge on any atom is 0.235 e. The number of tetrazole rings is 1. The van der Waals surface area contributed by atoms with Gasteiger partial charge in [-0.3, -0.25) is 4.79 Å². The summed E-state index contributed by atoms with van der Waals surface area (Å²) in [6.07, 6.45) is 3.23. The molecule has 29 heavy (non-hydrogen) atoms. The van der Waals surface area contributed by atoms with E-state index >= 15 is 0 Å². The van der Waals surface area contributed by atoms with Gasteiger partial charge >= 0.3 is 0 Å². The van der Waals surface area contributed by atoms with Gasteiger partial charge in [-0.1, -0.05) is 48.2 Å². The average molecular weight is 428 g/mol. The number of hydrogen-bond donors (Lipinski definition) is 0. The molecule has 1 saturated heterocycles. The van der Waals surface area contributed by atoms with Gasteiger partial charge in [-0.15, -0.1) is 16.4 Å². The molecule has 4 rings (SSSR count). The molecule has 1 aliphatic heterocycles. The molecule has 8 heteroatoms. The van der Waals surface area contributed by atoms with E-state index in [1.54, 1.807) is 16.0 Å². The molecular weight excluding hydrogens is 402 g/mol. The third-order valence-corrected chi connectivity index (χ3v) is 7.23. The largest absolute Gasteiger partial charge is 0.342 e. The van der Waals surface area contributed by atoms with Gasteiger partial charge in [0, 0.05) is 18.0 Å². The molecule has 1 atom stereocenters. The van der Waals surface area contributed by atoms with Gasteiger partial charge in [-0.05, 0) is 59.5 Å².